The fourth-order valence-corrected chi connectivity index (χ4v) is 2.00. The van der Waals surface area contributed by atoms with Gasteiger partial charge in [0.25, 0.3) is 0 Å². The van der Waals surface area contributed by atoms with E-state index in [0.717, 1.165) is 15.6 Å². The maximum Gasteiger partial charge on any atom is 0.119 e. The Morgan fingerprint density at radius 3 is 2.64 bits per heavy atom. The molecule has 0 fully saturated rings. The Kier molecular flexibility index (Phi) is 3.07. The minimum absolute atomic E-state index is 0.577. The van der Waals surface area contributed by atoms with Crippen molar-refractivity contribution in [2.24, 2.45) is 0 Å². The van der Waals surface area contributed by atoms with Crippen molar-refractivity contribution in [1.82, 2.24) is 0 Å². The van der Waals surface area contributed by atoms with E-state index in [9.17, 15) is 0 Å². The van der Waals surface area contributed by atoms with Crippen LogP contribution in [0.1, 0.15) is 5.56 Å². The van der Waals surface area contributed by atoms with E-state index in [-0.39, 0.29) is 0 Å². The summed E-state index contributed by atoms with van der Waals surface area (Å²) in [7, 11) is 0. The van der Waals surface area contributed by atoms with Gasteiger partial charge in [0, 0.05) is 5.56 Å². The second-order valence-corrected chi connectivity index (χ2v) is 4.40. The lowest BCUT2D eigenvalue weighted by Gasteiger charge is -2.03. The molecule has 1 aromatic heterocycles. The molecule has 1 aromatic carbocycles. The fourth-order valence-electron chi connectivity index (χ4n) is 1.10. The number of para-hydroxylation sites is 1. The van der Waals surface area contributed by atoms with Crippen LogP contribution in [0.4, 0.5) is 0 Å². The van der Waals surface area contributed by atoms with Crippen LogP contribution in [0.5, 0.6) is 5.75 Å². The van der Waals surface area contributed by atoms with E-state index < -0.39 is 0 Å². The van der Waals surface area contributed by atoms with E-state index in [0.29, 0.717) is 6.61 Å². The van der Waals surface area contributed by atoms with Crippen molar-refractivity contribution in [2.45, 2.75) is 6.61 Å². The Bertz CT molecular complexity index is 397. The van der Waals surface area contributed by atoms with Crippen molar-refractivity contribution in [1.29, 1.82) is 0 Å². The quantitative estimate of drug-likeness (QED) is 0.766. The van der Waals surface area contributed by atoms with E-state index in [1.165, 1.54) is 11.3 Å². The zero-order valence-electron chi connectivity index (χ0n) is 7.44. The number of hydrogen-bond donors (Lipinski definition) is 0. The Hall–Kier alpha value is -0.990. The molecular weight excluding hydrogens is 216 g/mol. The molecule has 0 amide bonds. The molecule has 0 N–H and O–H groups in total. The lowest BCUT2D eigenvalue weighted by molar-refractivity contribution is 0.307. The topological polar surface area (TPSA) is 9.23 Å². The number of halogens is 1. The van der Waals surface area contributed by atoms with Crippen molar-refractivity contribution in [3.05, 3.63) is 51.7 Å². The number of ether oxygens (including phenoxy) is 1. The van der Waals surface area contributed by atoms with Crippen LogP contribution in [0.15, 0.2) is 41.8 Å². The zero-order chi connectivity index (χ0) is 9.80. The van der Waals surface area contributed by atoms with Crippen molar-refractivity contribution in [2.75, 3.05) is 0 Å². The van der Waals surface area contributed by atoms with Crippen LogP contribution < -0.4 is 4.74 Å². The van der Waals surface area contributed by atoms with E-state index in [2.05, 4.69) is 0 Å². The maximum atomic E-state index is 5.81. The molecule has 0 aliphatic rings. The summed E-state index contributed by atoms with van der Waals surface area (Å²) in [6.07, 6.45) is 0. The van der Waals surface area contributed by atoms with Gasteiger partial charge in [-0.1, -0.05) is 29.8 Å². The van der Waals surface area contributed by atoms with E-state index in [1.807, 2.05) is 41.8 Å². The summed E-state index contributed by atoms with van der Waals surface area (Å²) in [6, 6.07) is 11.7. The van der Waals surface area contributed by atoms with Gasteiger partial charge < -0.3 is 4.74 Å². The van der Waals surface area contributed by atoms with Crippen molar-refractivity contribution in [3.63, 3.8) is 0 Å². The zero-order valence-corrected chi connectivity index (χ0v) is 9.02. The SMILES string of the molecule is Clc1cc(COc2ccccc2)cs1. The predicted molar refractivity (Wildman–Crippen MR) is 60.1 cm³/mol. The summed E-state index contributed by atoms with van der Waals surface area (Å²) >= 11 is 7.33. The van der Waals surface area contributed by atoms with Gasteiger partial charge in [-0.3, -0.25) is 0 Å². The van der Waals surface area contributed by atoms with Crippen LogP contribution in [0.3, 0.4) is 0 Å². The Morgan fingerprint density at radius 1 is 1.21 bits per heavy atom. The van der Waals surface area contributed by atoms with Crippen LogP contribution in [0.2, 0.25) is 4.34 Å². The number of benzene rings is 1. The highest BCUT2D eigenvalue weighted by Crippen LogP contribution is 2.21. The average Bonchev–Trinajstić information content (AvgIpc) is 2.63. The molecule has 0 saturated heterocycles. The molecule has 0 spiro atoms. The highest BCUT2D eigenvalue weighted by molar-refractivity contribution is 7.14. The first kappa shape index (κ1) is 9.56. The third-order valence-corrected chi connectivity index (χ3v) is 2.91. The van der Waals surface area contributed by atoms with Gasteiger partial charge in [0.15, 0.2) is 0 Å². The van der Waals surface area contributed by atoms with Gasteiger partial charge in [0.05, 0.1) is 4.34 Å². The standard InChI is InChI=1S/C11H9ClOS/c12-11-6-9(8-14-11)7-13-10-4-2-1-3-5-10/h1-6,8H,7H2. The summed E-state index contributed by atoms with van der Waals surface area (Å²) in [5.41, 5.74) is 1.11. The van der Waals surface area contributed by atoms with Crippen LogP contribution >= 0.6 is 22.9 Å². The minimum atomic E-state index is 0.577. The molecule has 2 rings (SSSR count). The number of hydrogen-bond acceptors (Lipinski definition) is 2. The molecule has 3 heteroatoms. The molecule has 0 bridgehead atoms. The van der Waals surface area contributed by atoms with Gasteiger partial charge in [0.1, 0.15) is 12.4 Å². The molecular formula is C11H9ClOS. The second kappa shape index (κ2) is 4.49. The monoisotopic (exact) mass is 224 g/mol. The molecule has 1 heterocycles. The van der Waals surface area contributed by atoms with E-state index in [1.54, 1.807) is 0 Å². The highest BCUT2D eigenvalue weighted by atomic mass is 35.5. The molecule has 0 aliphatic carbocycles. The minimum Gasteiger partial charge on any atom is -0.489 e. The smallest absolute Gasteiger partial charge is 0.119 e. The molecule has 72 valence electrons. The van der Waals surface area contributed by atoms with Crippen LogP contribution in [-0.4, -0.2) is 0 Å². The molecule has 0 unspecified atom stereocenters. The van der Waals surface area contributed by atoms with Gasteiger partial charge in [-0.15, -0.1) is 11.3 Å². The van der Waals surface area contributed by atoms with Crippen LogP contribution in [0.25, 0.3) is 0 Å². The Balaban J connectivity index is 1.95. The van der Waals surface area contributed by atoms with Crippen molar-refractivity contribution < 1.29 is 4.74 Å². The second-order valence-electron chi connectivity index (χ2n) is 2.86. The van der Waals surface area contributed by atoms with E-state index >= 15 is 0 Å². The van der Waals surface area contributed by atoms with Crippen molar-refractivity contribution in [3.8, 4) is 5.75 Å². The van der Waals surface area contributed by atoms with E-state index in [4.69, 9.17) is 16.3 Å². The summed E-state index contributed by atoms with van der Waals surface area (Å²) in [5, 5.41) is 2.01. The third-order valence-electron chi connectivity index (χ3n) is 1.77. The fraction of sp³-hybridized carbons (Fsp3) is 0.0909. The maximum absolute atomic E-state index is 5.81. The lowest BCUT2D eigenvalue weighted by Crippen LogP contribution is -1.92. The first-order chi connectivity index (χ1) is 6.84. The first-order valence-corrected chi connectivity index (χ1v) is 5.51. The summed E-state index contributed by atoms with van der Waals surface area (Å²) < 4.78 is 6.36. The lowest BCUT2D eigenvalue weighted by atomic mass is 10.3. The highest BCUT2D eigenvalue weighted by Gasteiger charge is 1.98. The first-order valence-electron chi connectivity index (χ1n) is 4.25. The van der Waals surface area contributed by atoms with Crippen LogP contribution in [0, 0.1) is 0 Å². The number of thiophene rings is 1. The van der Waals surface area contributed by atoms with Gasteiger partial charge in [-0.05, 0) is 23.6 Å². The van der Waals surface area contributed by atoms with Gasteiger partial charge in [-0.2, -0.15) is 0 Å². The van der Waals surface area contributed by atoms with Gasteiger partial charge in [-0.25, -0.2) is 0 Å². The summed E-state index contributed by atoms with van der Waals surface area (Å²) in [5.74, 6) is 0.884. The molecule has 2 aromatic rings. The predicted octanol–water partition coefficient (Wildman–Crippen LogP) is 3.98. The van der Waals surface area contributed by atoms with Crippen LogP contribution in [-0.2, 0) is 6.61 Å². The van der Waals surface area contributed by atoms with Gasteiger partial charge >= 0.3 is 0 Å². The molecule has 0 atom stereocenters. The van der Waals surface area contributed by atoms with Gasteiger partial charge in [0.2, 0.25) is 0 Å². The van der Waals surface area contributed by atoms with Crippen molar-refractivity contribution >= 4 is 22.9 Å². The molecule has 0 saturated carbocycles. The molecule has 0 aliphatic heterocycles. The average molecular weight is 225 g/mol. The normalized spacial score (nSPS) is 10.1. The Morgan fingerprint density at radius 2 is 2.00 bits per heavy atom. The molecule has 1 nitrogen and oxygen atoms in total. The Labute approximate surface area is 91.9 Å². The summed E-state index contributed by atoms with van der Waals surface area (Å²) in [6.45, 7) is 0.577. The largest absolute Gasteiger partial charge is 0.489 e. The third kappa shape index (κ3) is 2.50. The summed E-state index contributed by atoms with van der Waals surface area (Å²) in [4.78, 5) is 0. The molecule has 0 radical (unpaired) electrons. The number of rotatable bonds is 3. The molecule has 14 heavy (non-hydrogen) atoms.